The molecule has 2 aromatic rings. The minimum absolute atomic E-state index is 0.422. The first-order valence-corrected chi connectivity index (χ1v) is 4.62. The lowest BCUT2D eigenvalue weighted by Gasteiger charge is -1.97. The van der Waals surface area contributed by atoms with Gasteiger partial charge in [0.15, 0.2) is 5.65 Å². The molecule has 0 saturated heterocycles. The minimum Gasteiger partial charge on any atom is -0.246 e. The molecule has 0 atom stereocenters. The van der Waals surface area contributed by atoms with Crippen molar-refractivity contribution < 1.29 is 0 Å². The lowest BCUT2D eigenvalue weighted by Crippen LogP contribution is -2.01. The van der Waals surface area contributed by atoms with Crippen molar-refractivity contribution in [3.05, 3.63) is 17.7 Å². The van der Waals surface area contributed by atoms with Gasteiger partial charge in [0.2, 0.25) is 0 Å². The fraction of sp³-hybridized carbons (Fsp3) is 0.286. The largest absolute Gasteiger partial charge is 0.246 e. The van der Waals surface area contributed by atoms with E-state index < -0.39 is 0 Å². The number of halogens is 2. The molecular formula is C7H6Cl2N4. The molecule has 0 saturated carbocycles. The van der Waals surface area contributed by atoms with E-state index in [1.165, 1.54) is 6.33 Å². The molecule has 2 rings (SSSR count). The molecule has 0 fully saturated rings. The number of aromatic nitrogens is 4. The van der Waals surface area contributed by atoms with Gasteiger partial charge in [0.1, 0.15) is 11.5 Å². The molecule has 0 aliphatic rings. The summed E-state index contributed by atoms with van der Waals surface area (Å²) in [6.07, 6.45) is 3.06. The number of rotatable bonds is 2. The average Bonchev–Trinajstić information content (AvgIpc) is 2.51. The second-order valence-electron chi connectivity index (χ2n) is 2.46. The molecule has 0 aromatic carbocycles. The Labute approximate surface area is 84.5 Å². The van der Waals surface area contributed by atoms with Gasteiger partial charge in [-0.2, -0.15) is 5.10 Å². The molecule has 0 bridgehead atoms. The molecule has 4 nitrogen and oxygen atoms in total. The number of aryl methyl sites for hydroxylation is 1. The Hall–Kier alpha value is -0.870. The van der Waals surface area contributed by atoms with Crippen LogP contribution in [-0.4, -0.2) is 25.6 Å². The number of hydrogen-bond acceptors (Lipinski definition) is 3. The van der Waals surface area contributed by atoms with Gasteiger partial charge in [-0.25, -0.2) is 14.6 Å². The number of nitrogens with zero attached hydrogens (tertiary/aromatic N) is 4. The van der Waals surface area contributed by atoms with Gasteiger partial charge in [-0.1, -0.05) is 11.6 Å². The summed E-state index contributed by atoms with van der Waals surface area (Å²) in [6, 6.07) is 0. The van der Waals surface area contributed by atoms with Gasteiger partial charge in [0, 0.05) is 5.88 Å². The van der Waals surface area contributed by atoms with E-state index >= 15 is 0 Å². The van der Waals surface area contributed by atoms with Gasteiger partial charge in [-0.05, 0) is 0 Å². The Morgan fingerprint density at radius 1 is 1.38 bits per heavy atom. The summed E-state index contributed by atoms with van der Waals surface area (Å²) in [5.74, 6) is 0.498. The first kappa shape index (κ1) is 8.72. The number of alkyl halides is 1. The van der Waals surface area contributed by atoms with E-state index in [4.69, 9.17) is 23.2 Å². The summed E-state index contributed by atoms with van der Waals surface area (Å²) in [7, 11) is 0. The normalized spacial score (nSPS) is 10.9. The quantitative estimate of drug-likeness (QED) is 0.568. The van der Waals surface area contributed by atoms with Crippen molar-refractivity contribution in [2.45, 2.75) is 6.54 Å². The molecule has 0 amide bonds. The second kappa shape index (κ2) is 3.47. The minimum atomic E-state index is 0.422. The van der Waals surface area contributed by atoms with Crippen LogP contribution in [0.1, 0.15) is 0 Å². The smallest absolute Gasteiger partial charge is 0.162 e. The molecule has 6 heteroatoms. The second-order valence-corrected chi connectivity index (χ2v) is 3.19. The highest BCUT2D eigenvalue weighted by atomic mass is 35.5. The molecule has 68 valence electrons. The molecule has 13 heavy (non-hydrogen) atoms. The third kappa shape index (κ3) is 1.47. The fourth-order valence-electron chi connectivity index (χ4n) is 1.11. The van der Waals surface area contributed by atoms with Crippen molar-refractivity contribution in [2.75, 3.05) is 5.88 Å². The van der Waals surface area contributed by atoms with Crippen LogP contribution in [0, 0.1) is 0 Å². The standard InChI is InChI=1S/C7H6Cl2N4/c8-1-2-13-7-5(3-12-13)6(9)10-4-11-7/h3-4H,1-2H2. The van der Waals surface area contributed by atoms with Crippen molar-refractivity contribution >= 4 is 34.2 Å². The Bertz CT molecular complexity index is 425. The topological polar surface area (TPSA) is 43.6 Å². The molecule has 0 N–H and O–H groups in total. The summed E-state index contributed by atoms with van der Waals surface area (Å²) >= 11 is 11.4. The highest BCUT2D eigenvalue weighted by Gasteiger charge is 2.06. The van der Waals surface area contributed by atoms with Crippen molar-refractivity contribution in [3.63, 3.8) is 0 Å². The van der Waals surface area contributed by atoms with Gasteiger partial charge in [-0.15, -0.1) is 11.6 Å². The van der Waals surface area contributed by atoms with Crippen LogP contribution in [0.2, 0.25) is 5.15 Å². The zero-order valence-electron chi connectivity index (χ0n) is 6.61. The van der Waals surface area contributed by atoms with Crippen LogP contribution in [0.15, 0.2) is 12.5 Å². The van der Waals surface area contributed by atoms with E-state index in [0.29, 0.717) is 17.6 Å². The molecule has 0 radical (unpaired) electrons. The van der Waals surface area contributed by atoms with Gasteiger partial charge in [-0.3, -0.25) is 0 Å². The summed E-state index contributed by atoms with van der Waals surface area (Å²) in [6.45, 7) is 0.623. The van der Waals surface area contributed by atoms with E-state index in [-0.39, 0.29) is 0 Å². The summed E-state index contributed by atoms with van der Waals surface area (Å²) < 4.78 is 1.70. The molecule has 0 unspecified atom stereocenters. The van der Waals surface area contributed by atoms with Crippen molar-refractivity contribution in [1.82, 2.24) is 19.7 Å². The highest BCUT2D eigenvalue weighted by molar-refractivity contribution is 6.33. The Morgan fingerprint density at radius 3 is 3.00 bits per heavy atom. The zero-order valence-corrected chi connectivity index (χ0v) is 8.13. The predicted octanol–water partition coefficient (Wildman–Crippen LogP) is 1.72. The maximum absolute atomic E-state index is 5.83. The van der Waals surface area contributed by atoms with Crippen molar-refractivity contribution in [2.24, 2.45) is 0 Å². The maximum Gasteiger partial charge on any atom is 0.162 e. The van der Waals surface area contributed by atoms with Crippen LogP contribution < -0.4 is 0 Å². The molecule has 0 aliphatic heterocycles. The third-order valence-electron chi connectivity index (χ3n) is 1.68. The van der Waals surface area contributed by atoms with Crippen LogP contribution >= 0.6 is 23.2 Å². The Morgan fingerprint density at radius 2 is 2.23 bits per heavy atom. The number of hydrogen-bond donors (Lipinski definition) is 0. The first-order valence-electron chi connectivity index (χ1n) is 3.71. The van der Waals surface area contributed by atoms with Crippen LogP contribution in [0.25, 0.3) is 11.0 Å². The first-order chi connectivity index (χ1) is 6.33. The Balaban J connectivity index is 2.61. The average molecular weight is 217 g/mol. The molecular weight excluding hydrogens is 211 g/mol. The van der Waals surface area contributed by atoms with Gasteiger partial charge >= 0.3 is 0 Å². The summed E-state index contributed by atoms with van der Waals surface area (Å²) in [5.41, 5.74) is 0.723. The lowest BCUT2D eigenvalue weighted by atomic mass is 10.4. The molecule has 0 spiro atoms. The molecule has 2 aromatic heterocycles. The van der Waals surface area contributed by atoms with E-state index in [0.717, 1.165) is 11.0 Å². The lowest BCUT2D eigenvalue weighted by molar-refractivity contribution is 0.680. The molecule has 0 aliphatic carbocycles. The van der Waals surface area contributed by atoms with Crippen LogP contribution in [0.3, 0.4) is 0 Å². The molecule has 2 heterocycles. The SMILES string of the molecule is ClCCn1ncc2c(Cl)ncnc21. The summed E-state index contributed by atoms with van der Waals surface area (Å²) in [5, 5.41) is 5.27. The Kier molecular flexibility index (Phi) is 2.33. The van der Waals surface area contributed by atoms with Gasteiger partial charge < -0.3 is 0 Å². The zero-order chi connectivity index (χ0) is 9.26. The van der Waals surface area contributed by atoms with E-state index in [9.17, 15) is 0 Å². The van der Waals surface area contributed by atoms with Gasteiger partial charge in [0.05, 0.1) is 18.1 Å². The summed E-state index contributed by atoms with van der Waals surface area (Å²) in [4.78, 5) is 7.92. The van der Waals surface area contributed by atoms with E-state index in [1.54, 1.807) is 10.9 Å². The van der Waals surface area contributed by atoms with Gasteiger partial charge in [0.25, 0.3) is 0 Å². The van der Waals surface area contributed by atoms with E-state index in [1.807, 2.05) is 0 Å². The predicted molar refractivity (Wildman–Crippen MR) is 51.1 cm³/mol. The van der Waals surface area contributed by atoms with Crippen molar-refractivity contribution in [1.29, 1.82) is 0 Å². The van der Waals surface area contributed by atoms with Crippen LogP contribution in [0.4, 0.5) is 0 Å². The van der Waals surface area contributed by atoms with Crippen LogP contribution in [0.5, 0.6) is 0 Å². The third-order valence-corrected chi connectivity index (χ3v) is 2.15. The van der Waals surface area contributed by atoms with Crippen LogP contribution in [-0.2, 0) is 6.54 Å². The highest BCUT2D eigenvalue weighted by Crippen LogP contribution is 2.17. The fourth-order valence-corrected chi connectivity index (χ4v) is 1.45. The number of fused-ring (bicyclic) bond motifs is 1. The van der Waals surface area contributed by atoms with Crippen molar-refractivity contribution in [3.8, 4) is 0 Å². The monoisotopic (exact) mass is 216 g/mol. The van der Waals surface area contributed by atoms with E-state index in [2.05, 4.69) is 15.1 Å². The maximum atomic E-state index is 5.83.